The van der Waals surface area contributed by atoms with Crippen molar-refractivity contribution in [3.63, 3.8) is 0 Å². The molecular formula is C9H13BrN6. The van der Waals surface area contributed by atoms with Gasteiger partial charge in [-0.15, -0.1) is 0 Å². The van der Waals surface area contributed by atoms with E-state index in [-0.39, 0.29) is 6.04 Å². The van der Waals surface area contributed by atoms with Gasteiger partial charge in [0, 0.05) is 13.1 Å². The van der Waals surface area contributed by atoms with E-state index in [1.807, 2.05) is 18.9 Å². The molecule has 0 saturated carbocycles. The topological polar surface area (TPSA) is 90.9 Å². The maximum absolute atomic E-state index is 8.65. The first kappa shape index (κ1) is 12.7. The minimum absolute atomic E-state index is 0.0711. The zero-order valence-electron chi connectivity index (χ0n) is 9.11. The Bertz CT molecular complexity index is 401. The highest BCUT2D eigenvalue weighted by Gasteiger charge is 2.16. The third-order valence-electron chi connectivity index (χ3n) is 2.29. The Morgan fingerprint density at radius 2 is 2.38 bits per heavy atom. The predicted molar refractivity (Wildman–Crippen MR) is 65.6 cm³/mol. The quantitative estimate of drug-likeness (QED) is 0.639. The molecule has 0 aliphatic rings. The fraction of sp³-hybridized carbons (Fsp3) is 0.444. The van der Waals surface area contributed by atoms with Crippen molar-refractivity contribution in [3.8, 4) is 6.07 Å². The molecule has 3 N–H and O–H groups in total. The minimum atomic E-state index is 0.0711. The molecule has 1 aromatic heterocycles. The summed E-state index contributed by atoms with van der Waals surface area (Å²) in [5.74, 6) is 6.53. The van der Waals surface area contributed by atoms with Crippen molar-refractivity contribution in [2.75, 3.05) is 17.4 Å². The molecule has 0 aliphatic carbocycles. The summed E-state index contributed by atoms with van der Waals surface area (Å²) >= 11 is 3.37. The second-order valence-corrected chi connectivity index (χ2v) is 4.12. The van der Waals surface area contributed by atoms with E-state index in [4.69, 9.17) is 11.1 Å². The van der Waals surface area contributed by atoms with Gasteiger partial charge in [-0.1, -0.05) is 0 Å². The molecule has 0 amide bonds. The number of nitrogens with one attached hydrogen (secondary N) is 1. The van der Waals surface area contributed by atoms with Crippen molar-refractivity contribution >= 4 is 27.6 Å². The van der Waals surface area contributed by atoms with Gasteiger partial charge in [0.05, 0.1) is 12.5 Å². The van der Waals surface area contributed by atoms with Gasteiger partial charge in [0.25, 0.3) is 0 Å². The van der Waals surface area contributed by atoms with Crippen LogP contribution in [0.1, 0.15) is 13.3 Å². The maximum Gasteiger partial charge on any atom is 0.159 e. The van der Waals surface area contributed by atoms with Gasteiger partial charge in [0.15, 0.2) is 5.82 Å². The fourth-order valence-corrected chi connectivity index (χ4v) is 1.78. The van der Waals surface area contributed by atoms with Crippen LogP contribution in [-0.2, 0) is 0 Å². The van der Waals surface area contributed by atoms with E-state index in [2.05, 4.69) is 37.4 Å². The highest BCUT2D eigenvalue weighted by Crippen LogP contribution is 2.29. The molecule has 1 aromatic rings. The fourth-order valence-electron chi connectivity index (χ4n) is 1.18. The number of nitriles is 1. The van der Waals surface area contributed by atoms with Crippen LogP contribution in [0.5, 0.6) is 0 Å². The third kappa shape index (κ3) is 2.59. The number of nitrogens with two attached hydrogens (primary N) is 1. The van der Waals surface area contributed by atoms with Crippen LogP contribution < -0.4 is 16.2 Å². The summed E-state index contributed by atoms with van der Waals surface area (Å²) in [6, 6.07) is 2.20. The molecular weight excluding hydrogens is 272 g/mol. The molecule has 1 heterocycles. The Labute approximate surface area is 103 Å². The molecule has 1 rings (SSSR count). The number of aromatic nitrogens is 2. The summed E-state index contributed by atoms with van der Waals surface area (Å²) in [4.78, 5) is 10.0. The van der Waals surface area contributed by atoms with Gasteiger partial charge in [-0.3, -0.25) is 0 Å². The number of nitrogen functional groups attached to an aromatic ring is 1. The van der Waals surface area contributed by atoms with Crippen LogP contribution in [0, 0.1) is 11.3 Å². The van der Waals surface area contributed by atoms with Crippen molar-refractivity contribution in [2.24, 2.45) is 5.84 Å². The molecule has 0 aliphatic heterocycles. The van der Waals surface area contributed by atoms with E-state index in [1.54, 1.807) is 0 Å². The molecule has 1 unspecified atom stereocenters. The van der Waals surface area contributed by atoms with Crippen molar-refractivity contribution in [2.45, 2.75) is 19.4 Å². The Hall–Kier alpha value is -1.39. The number of halogens is 1. The lowest BCUT2D eigenvalue weighted by atomic mass is 10.2. The maximum atomic E-state index is 8.65. The van der Waals surface area contributed by atoms with Gasteiger partial charge < -0.3 is 10.3 Å². The normalized spacial score (nSPS) is 11.7. The number of hydrazine groups is 1. The summed E-state index contributed by atoms with van der Waals surface area (Å²) < 4.78 is 0.685. The first-order chi connectivity index (χ1) is 7.61. The Morgan fingerprint density at radius 3 is 2.94 bits per heavy atom. The molecule has 0 spiro atoms. The van der Waals surface area contributed by atoms with Gasteiger partial charge in [-0.2, -0.15) is 5.26 Å². The summed E-state index contributed by atoms with van der Waals surface area (Å²) in [7, 11) is 1.87. The summed E-state index contributed by atoms with van der Waals surface area (Å²) in [6.07, 6.45) is 1.85. The second kappa shape index (κ2) is 5.63. The van der Waals surface area contributed by atoms with E-state index in [0.29, 0.717) is 22.5 Å². The van der Waals surface area contributed by atoms with E-state index in [0.717, 1.165) is 0 Å². The Balaban J connectivity index is 3.00. The van der Waals surface area contributed by atoms with Gasteiger partial charge in [-0.05, 0) is 22.9 Å². The highest BCUT2D eigenvalue weighted by atomic mass is 79.9. The summed E-state index contributed by atoms with van der Waals surface area (Å²) in [6.45, 7) is 1.95. The Morgan fingerprint density at radius 1 is 1.69 bits per heavy atom. The van der Waals surface area contributed by atoms with Crippen molar-refractivity contribution in [1.29, 1.82) is 5.26 Å². The SMILES string of the molecule is CC(CC#N)N(C)c1ncnc(NN)c1Br. The number of nitrogens with zero attached hydrogens (tertiary/aromatic N) is 4. The van der Waals surface area contributed by atoms with Crippen molar-refractivity contribution in [1.82, 2.24) is 9.97 Å². The van der Waals surface area contributed by atoms with Crippen LogP contribution in [0.3, 0.4) is 0 Å². The van der Waals surface area contributed by atoms with Gasteiger partial charge in [-0.25, -0.2) is 15.8 Å². The van der Waals surface area contributed by atoms with Crippen LogP contribution in [0.25, 0.3) is 0 Å². The summed E-state index contributed by atoms with van der Waals surface area (Å²) in [5.41, 5.74) is 2.47. The van der Waals surface area contributed by atoms with Crippen LogP contribution in [0.15, 0.2) is 10.8 Å². The number of hydrogen-bond acceptors (Lipinski definition) is 6. The summed E-state index contributed by atoms with van der Waals surface area (Å²) in [5, 5.41) is 8.65. The number of rotatable bonds is 4. The molecule has 0 aromatic carbocycles. The van der Waals surface area contributed by atoms with E-state index >= 15 is 0 Å². The van der Waals surface area contributed by atoms with Gasteiger partial charge in [0.1, 0.15) is 16.6 Å². The molecule has 7 heteroatoms. The third-order valence-corrected chi connectivity index (χ3v) is 3.02. The first-order valence-corrected chi connectivity index (χ1v) is 5.48. The van der Waals surface area contributed by atoms with E-state index in [1.165, 1.54) is 6.33 Å². The molecule has 0 fully saturated rings. The zero-order valence-corrected chi connectivity index (χ0v) is 10.7. The average molecular weight is 285 g/mol. The molecule has 6 nitrogen and oxygen atoms in total. The zero-order chi connectivity index (χ0) is 12.1. The number of hydrogen-bond donors (Lipinski definition) is 2. The number of anilines is 2. The largest absolute Gasteiger partial charge is 0.355 e. The van der Waals surface area contributed by atoms with E-state index in [9.17, 15) is 0 Å². The molecule has 0 saturated heterocycles. The first-order valence-electron chi connectivity index (χ1n) is 4.68. The molecule has 16 heavy (non-hydrogen) atoms. The molecule has 86 valence electrons. The Kier molecular flexibility index (Phi) is 4.46. The monoisotopic (exact) mass is 284 g/mol. The molecule has 1 atom stereocenters. The minimum Gasteiger partial charge on any atom is -0.355 e. The van der Waals surface area contributed by atoms with Gasteiger partial charge in [0.2, 0.25) is 0 Å². The molecule has 0 radical (unpaired) electrons. The molecule has 0 bridgehead atoms. The predicted octanol–water partition coefficient (Wildman–Crippen LogP) is 1.26. The van der Waals surface area contributed by atoms with Gasteiger partial charge >= 0.3 is 0 Å². The van der Waals surface area contributed by atoms with Crippen LogP contribution in [-0.4, -0.2) is 23.1 Å². The average Bonchev–Trinajstić information content (AvgIpc) is 2.29. The van der Waals surface area contributed by atoms with Crippen LogP contribution in [0.2, 0.25) is 0 Å². The van der Waals surface area contributed by atoms with Crippen molar-refractivity contribution < 1.29 is 0 Å². The highest BCUT2D eigenvalue weighted by molar-refractivity contribution is 9.10. The van der Waals surface area contributed by atoms with Crippen molar-refractivity contribution in [3.05, 3.63) is 10.8 Å². The van der Waals surface area contributed by atoms with E-state index < -0.39 is 0 Å². The second-order valence-electron chi connectivity index (χ2n) is 3.33. The lowest BCUT2D eigenvalue weighted by Gasteiger charge is -2.25. The van der Waals surface area contributed by atoms with Crippen LogP contribution >= 0.6 is 15.9 Å². The van der Waals surface area contributed by atoms with Crippen LogP contribution in [0.4, 0.5) is 11.6 Å². The lowest BCUT2D eigenvalue weighted by molar-refractivity contribution is 0.691. The smallest absolute Gasteiger partial charge is 0.159 e. The standard InChI is InChI=1S/C9H13BrN6/c1-6(3-4-11)16(2)9-7(10)8(15-12)13-5-14-9/h5-6H,3,12H2,1-2H3,(H,13,14,15). The lowest BCUT2D eigenvalue weighted by Crippen LogP contribution is -2.29.